The number of nitrogens with zero attached hydrogens (tertiary/aromatic N) is 1. The summed E-state index contributed by atoms with van der Waals surface area (Å²) >= 11 is 0. The van der Waals surface area contributed by atoms with Gasteiger partial charge in [0.2, 0.25) is 0 Å². The molecule has 0 aromatic rings. The summed E-state index contributed by atoms with van der Waals surface area (Å²) in [6.45, 7) is 4.06. The fourth-order valence-corrected chi connectivity index (χ4v) is 2.41. The van der Waals surface area contributed by atoms with Gasteiger partial charge in [-0.05, 0) is 20.9 Å². The van der Waals surface area contributed by atoms with Crippen LogP contribution in [0.4, 0.5) is 0 Å². The van der Waals surface area contributed by atoms with Crippen molar-refractivity contribution in [3.05, 3.63) is 0 Å². The maximum Gasteiger partial charge on any atom is 0.407 e. The summed E-state index contributed by atoms with van der Waals surface area (Å²) in [5.41, 5.74) is 0. The lowest BCUT2D eigenvalue weighted by molar-refractivity contribution is -0.137. The molecule has 15 heavy (non-hydrogen) atoms. The molecular weight excluding hydrogens is 221 g/mol. The normalized spacial score (nSPS) is 12.0. The van der Waals surface area contributed by atoms with Crippen molar-refractivity contribution in [3.8, 4) is 0 Å². The Balaban J connectivity index is 4.34. The first-order valence-corrected chi connectivity index (χ1v) is 6.28. The Morgan fingerprint density at radius 1 is 1.33 bits per heavy atom. The van der Waals surface area contributed by atoms with Gasteiger partial charge in [-0.3, -0.25) is 13.8 Å². The first-order valence-electron chi connectivity index (χ1n) is 4.78. The van der Waals surface area contributed by atoms with Gasteiger partial charge >= 0.3 is 13.7 Å². The lowest BCUT2D eigenvalue weighted by Crippen LogP contribution is -2.21. The van der Waals surface area contributed by atoms with E-state index in [0.717, 1.165) is 0 Å². The summed E-state index contributed by atoms with van der Waals surface area (Å²) in [6.07, 6.45) is -0.0966. The van der Waals surface area contributed by atoms with E-state index in [1.807, 2.05) is 0 Å². The van der Waals surface area contributed by atoms with Gasteiger partial charge in [0.25, 0.3) is 0 Å². The maximum atomic E-state index is 12.0. The van der Waals surface area contributed by atoms with Crippen molar-refractivity contribution in [3.63, 3.8) is 0 Å². The number of aliphatic carboxylic acids is 1. The predicted octanol–water partition coefficient (Wildman–Crippen LogP) is 1.57. The topological polar surface area (TPSA) is 76.1 Å². The Bertz CT molecular complexity index is 235. The zero-order chi connectivity index (χ0) is 11.9. The number of hydrogen-bond donors (Lipinski definition) is 1. The molecule has 0 spiro atoms. The molecule has 7 heteroatoms. The molecule has 0 aliphatic carbocycles. The van der Waals surface area contributed by atoms with Gasteiger partial charge in [0.05, 0.1) is 19.6 Å². The van der Waals surface area contributed by atoms with Crippen molar-refractivity contribution >= 4 is 13.7 Å². The fraction of sp³-hybridized carbons (Fsp3) is 0.875. The molecule has 0 aromatic carbocycles. The molecular formula is C8H18NO5P. The molecule has 90 valence electrons. The van der Waals surface area contributed by atoms with E-state index >= 15 is 0 Å². The smallest absolute Gasteiger partial charge is 0.407 e. The number of carboxylic acids is 1. The van der Waals surface area contributed by atoms with Crippen molar-refractivity contribution in [2.24, 2.45) is 0 Å². The lowest BCUT2D eigenvalue weighted by Gasteiger charge is -2.25. The van der Waals surface area contributed by atoms with E-state index in [0.29, 0.717) is 0 Å². The van der Waals surface area contributed by atoms with E-state index < -0.39 is 13.7 Å². The highest BCUT2D eigenvalue weighted by molar-refractivity contribution is 7.51. The molecule has 0 aromatic heterocycles. The van der Waals surface area contributed by atoms with Gasteiger partial charge in [0.15, 0.2) is 0 Å². The SMILES string of the molecule is CCOP(=O)(OCC)N(C)CCC(=O)O. The van der Waals surface area contributed by atoms with E-state index in [-0.39, 0.29) is 26.2 Å². The van der Waals surface area contributed by atoms with Crippen molar-refractivity contribution in [2.45, 2.75) is 20.3 Å². The molecule has 0 radical (unpaired) electrons. The Labute approximate surface area is 89.8 Å². The van der Waals surface area contributed by atoms with Gasteiger partial charge in [-0.1, -0.05) is 0 Å². The average Bonchev–Trinajstić information content (AvgIpc) is 2.14. The third kappa shape index (κ3) is 5.28. The molecule has 0 fully saturated rings. The van der Waals surface area contributed by atoms with Crippen LogP contribution in [0.2, 0.25) is 0 Å². The van der Waals surface area contributed by atoms with E-state index in [9.17, 15) is 9.36 Å². The van der Waals surface area contributed by atoms with E-state index in [1.165, 1.54) is 11.7 Å². The summed E-state index contributed by atoms with van der Waals surface area (Å²) in [7, 11) is -1.77. The minimum Gasteiger partial charge on any atom is -0.481 e. The summed E-state index contributed by atoms with van der Waals surface area (Å²) in [4.78, 5) is 10.3. The van der Waals surface area contributed by atoms with Crippen LogP contribution in [0.15, 0.2) is 0 Å². The molecule has 0 atom stereocenters. The Hall–Kier alpha value is -0.420. The molecule has 0 bridgehead atoms. The zero-order valence-corrected chi connectivity index (χ0v) is 10.2. The largest absolute Gasteiger partial charge is 0.481 e. The predicted molar refractivity (Wildman–Crippen MR) is 55.7 cm³/mol. The van der Waals surface area contributed by atoms with Gasteiger partial charge < -0.3 is 5.11 Å². The van der Waals surface area contributed by atoms with Crippen molar-refractivity contribution in [2.75, 3.05) is 26.8 Å². The molecule has 0 rings (SSSR count). The van der Waals surface area contributed by atoms with Crippen molar-refractivity contribution in [1.29, 1.82) is 0 Å². The molecule has 6 nitrogen and oxygen atoms in total. The van der Waals surface area contributed by atoms with Crippen LogP contribution in [0, 0.1) is 0 Å². The second-order valence-corrected chi connectivity index (χ2v) is 4.97. The zero-order valence-electron chi connectivity index (χ0n) is 9.30. The Morgan fingerprint density at radius 2 is 1.80 bits per heavy atom. The Kier molecular flexibility index (Phi) is 6.76. The molecule has 0 aliphatic heterocycles. The van der Waals surface area contributed by atoms with Gasteiger partial charge in [0, 0.05) is 6.54 Å². The van der Waals surface area contributed by atoms with Crippen molar-refractivity contribution < 1.29 is 23.5 Å². The second kappa shape index (κ2) is 6.95. The molecule has 0 amide bonds. The van der Waals surface area contributed by atoms with Gasteiger partial charge in [-0.25, -0.2) is 9.24 Å². The average molecular weight is 239 g/mol. The monoisotopic (exact) mass is 239 g/mol. The fourth-order valence-electron chi connectivity index (χ4n) is 0.941. The Morgan fingerprint density at radius 3 is 2.13 bits per heavy atom. The number of carboxylic acid groups (broad SMARTS) is 1. The maximum absolute atomic E-state index is 12.0. The second-order valence-electron chi connectivity index (χ2n) is 2.83. The molecule has 0 unspecified atom stereocenters. The van der Waals surface area contributed by atoms with Crippen LogP contribution in [0.25, 0.3) is 0 Å². The minimum atomic E-state index is -3.30. The summed E-state index contributed by atoms with van der Waals surface area (Å²) in [5, 5.41) is 8.49. The molecule has 0 aliphatic rings. The summed E-state index contributed by atoms with van der Waals surface area (Å²) in [6, 6.07) is 0. The first-order chi connectivity index (χ1) is 6.96. The molecule has 0 heterocycles. The van der Waals surface area contributed by atoms with Crippen LogP contribution >= 0.6 is 7.75 Å². The minimum absolute atomic E-state index is 0.0966. The molecule has 1 N–H and O–H groups in total. The van der Waals surface area contributed by atoms with Gasteiger partial charge in [-0.15, -0.1) is 0 Å². The molecule has 0 saturated carbocycles. The third-order valence-corrected chi connectivity index (χ3v) is 3.86. The van der Waals surface area contributed by atoms with E-state index in [4.69, 9.17) is 14.2 Å². The van der Waals surface area contributed by atoms with Crippen LogP contribution in [0.1, 0.15) is 20.3 Å². The van der Waals surface area contributed by atoms with E-state index in [2.05, 4.69) is 0 Å². The molecule has 0 saturated heterocycles. The highest BCUT2D eigenvalue weighted by Crippen LogP contribution is 2.50. The van der Waals surface area contributed by atoms with Crippen molar-refractivity contribution in [1.82, 2.24) is 4.67 Å². The van der Waals surface area contributed by atoms with Crippen LogP contribution in [0.3, 0.4) is 0 Å². The van der Waals surface area contributed by atoms with Crippen LogP contribution in [-0.2, 0) is 18.4 Å². The van der Waals surface area contributed by atoms with Gasteiger partial charge in [0.1, 0.15) is 0 Å². The third-order valence-electron chi connectivity index (χ3n) is 1.65. The quantitative estimate of drug-likeness (QED) is 0.648. The first kappa shape index (κ1) is 14.6. The van der Waals surface area contributed by atoms with Crippen LogP contribution in [0.5, 0.6) is 0 Å². The summed E-state index contributed by atoms with van der Waals surface area (Å²) < 4.78 is 23.4. The highest BCUT2D eigenvalue weighted by atomic mass is 31.2. The van der Waals surface area contributed by atoms with Gasteiger partial charge in [-0.2, -0.15) is 0 Å². The number of carbonyl (C=O) groups is 1. The number of hydrogen-bond acceptors (Lipinski definition) is 4. The number of rotatable bonds is 8. The van der Waals surface area contributed by atoms with Crippen LogP contribution in [-0.4, -0.2) is 42.6 Å². The highest BCUT2D eigenvalue weighted by Gasteiger charge is 2.29. The van der Waals surface area contributed by atoms with Crippen LogP contribution < -0.4 is 0 Å². The summed E-state index contributed by atoms with van der Waals surface area (Å²) in [5.74, 6) is -0.943. The lowest BCUT2D eigenvalue weighted by atomic mass is 10.4. The standard InChI is InChI=1S/C8H18NO5P/c1-4-13-15(12,14-5-2)9(3)7-6-8(10)11/h4-7H2,1-3H3,(H,10,11). The van der Waals surface area contributed by atoms with E-state index in [1.54, 1.807) is 13.8 Å².